The lowest BCUT2D eigenvalue weighted by Crippen LogP contribution is -2.41. The van der Waals surface area contributed by atoms with Gasteiger partial charge in [-0.3, -0.25) is 9.59 Å². The molecular formula is C27H25Br2NO3. The van der Waals surface area contributed by atoms with Crippen LogP contribution < -0.4 is 4.90 Å². The van der Waals surface area contributed by atoms with Crippen molar-refractivity contribution in [1.82, 2.24) is 0 Å². The number of hydrogen-bond donors (Lipinski definition) is 1. The van der Waals surface area contributed by atoms with Crippen molar-refractivity contribution in [3.8, 4) is 0 Å². The molecule has 1 heterocycles. The third kappa shape index (κ3) is 4.57. The molecule has 33 heavy (non-hydrogen) atoms. The summed E-state index contributed by atoms with van der Waals surface area (Å²) in [5.74, 6) is -0.772. The third-order valence-corrected chi connectivity index (χ3v) is 7.34. The van der Waals surface area contributed by atoms with E-state index in [2.05, 4.69) is 52.6 Å². The van der Waals surface area contributed by atoms with Gasteiger partial charge in [0.05, 0.1) is 18.7 Å². The molecule has 4 nitrogen and oxygen atoms in total. The molecular weight excluding hydrogens is 546 g/mol. The number of carbonyl (C=O) groups excluding carboxylic acids is 2. The van der Waals surface area contributed by atoms with E-state index in [1.807, 2.05) is 42.5 Å². The number of fused-ring (bicyclic) bond motifs is 1. The first kappa shape index (κ1) is 23.9. The zero-order valence-electron chi connectivity index (χ0n) is 18.7. The van der Waals surface area contributed by atoms with E-state index in [-0.39, 0.29) is 24.2 Å². The summed E-state index contributed by atoms with van der Waals surface area (Å²) in [4.78, 5) is 28.3. The van der Waals surface area contributed by atoms with Gasteiger partial charge in [-0.15, -0.1) is 0 Å². The highest BCUT2D eigenvalue weighted by Gasteiger charge is 2.51. The summed E-state index contributed by atoms with van der Waals surface area (Å²) >= 11 is 6.97. The van der Waals surface area contributed by atoms with Gasteiger partial charge in [0.15, 0.2) is 11.4 Å². The van der Waals surface area contributed by atoms with Gasteiger partial charge < -0.3 is 10.0 Å². The molecule has 3 aromatic carbocycles. The molecule has 0 aromatic heterocycles. The molecule has 0 radical (unpaired) electrons. The van der Waals surface area contributed by atoms with Crippen molar-refractivity contribution in [1.29, 1.82) is 0 Å². The van der Waals surface area contributed by atoms with Crippen LogP contribution in [0.15, 0.2) is 75.7 Å². The topological polar surface area (TPSA) is 57.6 Å². The Kier molecular flexibility index (Phi) is 6.38. The van der Waals surface area contributed by atoms with Gasteiger partial charge in [0.1, 0.15) is 0 Å². The molecule has 1 amide bonds. The fourth-order valence-corrected chi connectivity index (χ4v) is 4.91. The fourth-order valence-electron chi connectivity index (χ4n) is 4.14. The zero-order chi connectivity index (χ0) is 24.0. The van der Waals surface area contributed by atoms with Gasteiger partial charge in [-0.05, 0) is 40.8 Å². The number of nitrogens with zero attached hydrogens (tertiary/aromatic N) is 1. The maximum absolute atomic E-state index is 13.6. The number of amides is 1. The highest BCUT2D eigenvalue weighted by Crippen LogP contribution is 2.45. The predicted molar refractivity (Wildman–Crippen MR) is 137 cm³/mol. The van der Waals surface area contributed by atoms with Crippen LogP contribution in [0.5, 0.6) is 0 Å². The highest BCUT2D eigenvalue weighted by molar-refractivity contribution is 9.10. The number of Topliss-reactive ketones (excluding diaryl/α,β-unsaturated/α-hetero) is 1. The van der Waals surface area contributed by atoms with Crippen LogP contribution in [0.2, 0.25) is 0 Å². The average Bonchev–Trinajstić information content (AvgIpc) is 2.96. The van der Waals surface area contributed by atoms with Crippen molar-refractivity contribution in [3.63, 3.8) is 0 Å². The van der Waals surface area contributed by atoms with E-state index >= 15 is 0 Å². The van der Waals surface area contributed by atoms with E-state index in [0.717, 1.165) is 20.1 Å². The molecule has 1 unspecified atom stereocenters. The van der Waals surface area contributed by atoms with Crippen molar-refractivity contribution < 1.29 is 14.7 Å². The van der Waals surface area contributed by atoms with Crippen molar-refractivity contribution in [3.05, 3.63) is 97.9 Å². The summed E-state index contributed by atoms with van der Waals surface area (Å²) in [6, 6.07) is 20.4. The van der Waals surface area contributed by atoms with Crippen LogP contribution in [0, 0.1) is 0 Å². The van der Waals surface area contributed by atoms with E-state index in [1.54, 1.807) is 29.2 Å². The second-order valence-electron chi connectivity index (χ2n) is 9.43. The Bertz CT molecular complexity index is 1230. The summed E-state index contributed by atoms with van der Waals surface area (Å²) in [5.41, 5.74) is 1.59. The summed E-state index contributed by atoms with van der Waals surface area (Å²) in [6.07, 6.45) is -0.323. The number of halogens is 2. The standard InChI is InChI=1S/C27H25Br2NO3/c1-26(2,3)19-10-8-17(9-11-19)24(31)15-27(33)21-14-20(28)12-13-23(21)30(25(27)32)16-18-6-4-5-7-22(18)29/h4-14,33H,15-16H2,1-3H3. The normalized spacial score (nSPS) is 17.9. The summed E-state index contributed by atoms with van der Waals surface area (Å²) in [5, 5.41) is 11.6. The molecule has 0 fully saturated rings. The molecule has 3 aromatic rings. The lowest BCUT2D eigenvalue weighted by molar-refractivity contribution is -0.136. The maximum Gasteiger partial charge on any atom is 0.264 e. The maximum atomic E-state index is 13.6. The second kappa shape index (κ2) is 8.82. The first-order chi connectivity index (χ1) is 15.5. The minimum absolute atomic E-state index is 0.0291. The highest BCUT2D eigenvalue weighted by atomic mass is 79.9. The van der Waals surface area contributed by atoms with Crippen LogP contribution in [0.4, 0.5) is 5.69 Å². The monoisotopic (exact) mass is 569 g/mol. The van der Waals surface area contributed by atoms with Gasteiger partial charge in [-0.2, -0.15) is 0 Å². The molecule has 0 bridgehead atoms. The molecule has 0 saturated heterocycles. The van der Waals surface area contributed by atoms with Gasteiger partial charge in [-0.1, -0.05) is 95.1 Å². The molecule has 0 spiro atoms. The number of carbonyl (C=O) groups is 2. The molecule has 6 heteroatoms. The molecule has 170 valence electrons. The van der Waals surface area contributed by atoms with Crippen molar-refractivity contribution in [2.75, 3.05) is 4.90 Å². The number of aliphatic hydroxyl groups is 1. The molecule has 4 rings (SSSR count). The lowest BCUT2D eigenvalue weighted by atomic mass is 9.85. The van der Waals surface area contributed by atoms with Crippen LogP contribution in [0.1, 0.15) is 54.2 Å². The summed E-state index contributed by atoms with van der Waals surface area (Å²) in [6.45, 7) is 6.61. The lowest BCUT2D eigenvalue weighted by Gasteiger charge is -2.23. The fraction of sp³-hybridized carbons (Fsp3) is 0.259. The molecule has 1 atom stereocenters. The number of anilines is 1. The molecule has 1 aliphatic heterocycles. The number of rotatable bonds is 5. The smallest absolute Gasteiger partial charge is 0.264 e. The van der Waals surface area contributed by atoms with E-state index in [9.17, 15) is 14.7 Å². The van der Waals surface area contributed by atoms with Gasteiger partial charge in [0.25, 0.3) is 5.91 Å². The first-order valence-corrected chi connectivity index (χ1v) is 12.3. The Morgan fingerprint density at radius 3 is 2.30 bits per heavy atom. The average molecular weight is 571 g/mol. The van der Waals surface area contributed by atoms with Crippen molar-refractivity contribution in [2.45, 2.75) is 44.8 Å². The summed E-state index contributed by atoms with van der Waals surface area (Å²) in [7, 11) is 0. The predicted octanol–water partition coefficient (Wildman–Crippen LogP) is 6.52. The largest absolute Gasteiger partial charge is 0.375 e. The van der Waals surface area contributed by atoms with E-state index in [1.165, 1.54) is 0 Å². The van der Waals surface area contributed by atoms with Crippen LogP contribution in [-0.2, 0) is 22.4 Å². The molecule has 1 N–H and O–H groups in total. The van der Waals surface area contributed by atoms with Crippen molar-refractivity contribution in [2.24, 2.45) is 0 Å². The Hall–Kier alpha value is -2.28. The van der Waals surface area contributed by atoms with Crippen LogP contribution in [0.3, 0.4) is 0 Å². The van der Waals surface area contributed by atoms with Crippen LogP contribution in [0.25, 0.3) is 0 Å². The molecule has 1 aliphatic rings. The SMILES string of the molecule is CC(C)(C)c1ccc(C(=O)CC2(O)C(=O)N(Cc3ccccc3Br)c3ccc(Br)cc32)cc1. The van der Waals surface area contributed by atoms with Gasteiger partial charge in [-0.25, -0.2) is 0 Å². The van der Waals surface area contributed by atoms with Crippen LogP contribution in [-0.4, -0.2) is 16.8 Å². The second-order valence-corrected chi connectivity index (χ2v) is 11.2. The zero-order valence-corrected chi connectivity index (χ0v) is 21.9. The van der Waals surface area contributed by atoms with Gasteiger partial charge in [0.2, 0.25) is 0 Å². The van der Waals surface area contributed by atoms with Crippen LogP contribution >= 0.6 is 31.9 Å². The molecule has 0 aliphatic carbocycles. The Balaban J connectivity index is 1.67. The van der Waals surface area contributed by atoms with E-state index in [0.29, 0.717) is 16.8 Å². The first-order valence-electron chi connectivity index (χ1n) is 10.7. The quantitative estimate of drug-likeness (QED) is 0.355. The number of benzene rings is 3. The van der Waals surface area contributed by atoms with E-state index < -0.39 is 11.5 Å². The minimum Gasteiger partial charge on any atom is -0.375 e. The summed E-state index contributed by atoms with van der Waals surface area (Å²) < 4.78 is 1.61. The Morgan fingerprint density at radius 2 is 1.67 bits per heavy atom. The number of ketones is 1. The minimum atomic E-state index is -1.93. The number of hydrogen-bond acceptors (Lipinski definition) is 3. The van der Waals surface area contributed by atoms with E-state index in [4.69, 9.17) is 0 Å². The third-order valence-electron chi connectivity index (χ3n) is 6.07. The molecule has 0 saturated carbocycles. The van der Waals surface area contributed by atoms with Crippen molar-refractivity contribution >= 4 is 49.2 Å². The Morgan fingerprint density at radius 1 is 1.00 bits per heavy atom. The van der Waals surface area contributed by atoms with Gasteiger partial charge in [0, 0.05) is 20.1 Å². The van der Waals surface area contributed by atoms with Gasteiger partial charge >= 0.3 is 0 Å². The Labute approximate surface area is 210 Å².